The van der Waals surface area contributed by atoms with E-state index in [9.17, 15) is 19.5 Å². The maximum absolute atomic E-state index is 12.9. The van der Waals surface area contributed by atoms with Gasteiger partial charge < -0.3 is 15.2 Å². The first-order valence-corrected chi connectivity index (χ1v) is 11.9. The topological polar surface area (TPSA) is 115 Å². The third-order valence-corrected chi connectivity index (χ3v) is 6.42. The number of ether oxygens (including phenoxy) is 1. The monoisotopic (exact) mass is 496 g/mol. The Kier molecular flexibility index (Phi) is 8.18. The van der Waals surface area contributed by atoms with E-state index >= 15 is 0 Å². The number of nitrogens with one attached hydrogen (secondary N) is 1. The second kappa shape index (κ2) is 11.1. The molecule has 0 atom stereocenters. The Morgan fingerprint density at radius 3 is 2.43 bits per heavy atom. The van der Waals surface area contributed by atoms with E-state index in [4.69, 9.17) is 4.74 Å². The lowest BCUT2D eigenvalue weighted by Crippen LogP contribution is -2.39. The Hall–Kier alpha value is -3.79. The molecule has 3 rings (SSSR count). The van der Waals surface area contributed by atoms with Gasteiger partial charge in [0.25, 0.3) is 5.56 Å². The van der Waals surface area contributed by atoms with Gasteiger partial charge in [-0.1, -0.05) is 23.9 Å². The summed E-state index contributed by atoms with van der Waals surface area (Å²) in [7, 11) is 2.67. The van der Waals surface area contributed by atoms with Gasteiger partial charge in [-0.25, -0.2) is 9.79 Å². The Labute approximate surface area is 207 Å². The van der Waals surface area contributed by atoms with E-state index in [-0.39, 0.29) is 22.3 Å². The van der Waals surface area contributed by atoms with Crippen LogP contribution in [0.5, 0.6) is 11.6 Å². The molecule has 0 aliphatic rings. The smallest absolute Gasteiger partial charge is 0.333 e. The third-order valence-electron chi connectivity index (χ3n) is 5.44. The second-order valence-corrected chi connectivity index (χ2v) is 8.80. The molecule has 0 spiro atoms. The molecule has 35 heavy (non-hydrogen) atoms. The number of thioether (sulfide) groups is 1. The SMILES string of the molecule is CCOc1ccc(N=C(SCC(=O)Nc2cccc(C)c2C)c2c(O)n(C)c(=O)n(C)c2=O)cc1. The quantitative estimate of drug-likeness (QED) is 0.383. The summed E-state index contributed by atoms with van der Waals surface area (Å²) in [4.78, 5) is 42.4. The summed E-state index contributed by atoms with van der Waals surface area (Å²) in [5.74, 6) is -0.238. The Morgan fingerprint density at radius 1 is 1.09 bits per heavy atom. The molecule has 0 fully saturated rings. The third kappa shape index (κ3) is 5.83. The van der Waals surface area contributed by atoms with Gasteiger partial charge in [-0.05, 0) is 62.2 Å². The number of anilines is 1. The van der Waals surface area contributed by atoms with Crippen LogP contribution in [0.15, 0.2) is 57.0 Å². The van der Waals surface area contributed by atoms with Crippen LogP contribution < -0.4 is 21.3 Å². The Morgan fingerprint density at radius 2 is 1.77 bits per heavy atom. The number of aryl methyl sites for hydroxylation is 1. The minimum atomic E-state index is -0.710. The number of aliphatic imine (C=N–C) groups is 1. The zero-order chi connectivity index (χ0) is 25.7. The zero-order valence-electron chi connectivity index (χ0n) is 20.3. The molecule has 2 N–H and O–H groups in total. The molecule has 1 amide bonds. The number of amides is 1. The highest BCUT2D eigenvalue weighted by molar-refractivity contribution is 8.15. The van der Waals surface area contributed by atoms with Gasteiger partial charge in [0.2, 0.25) is 11.8 Å². The van der Waals surface area contributed by atoms with Crippen molar-refractivity contribution in [2.45, 2.75) is 20.8 Å². The number of hydrogen-bond donors (Lipinski definition) is 2. The van der Waals surface area contributed by atoms with Crippen LogP contribution >= 0.6 is 11.8 Å². The van der Waals surface area contributed by atoms with Gasteiger partial charge in [0.1, 0.15) is 16.4 Å². The van der Waals surface area contributed by atoms with Gasteiger partial charge >= 0.3 is 5.69 Å². The fourth-order valence-electron chi connectivity index (χ4n) is 3.29. The van der Waals surface area contributed by atoms with E-state index in [2.05, 4.69) is 10.3 Å². The first-order valence-electron chi connectivity index (χ1n) is 10.9. The maximum atomic E-state index is 12.9. The molecule has 3 aromatic rings. The molecule has 0 saturated carbocycles. The van der Waals surface area contributed by atoms with Crippen molar-refractivity contribution in [3.05, 3.63) is 80.0 Å². The lowest BCUT2D eigenvalue weighted by Gasteiger charge is -2.13. The van der Waals surface area contributed by atoms with Crippen LogP contribution in [0, 0.1) is 13.8 Å². The number of aromatic nitrogens is 2. The van der Waals surface area contributed by atoms with Crippen molar-refractivity contribution in [1.29, 1.82) is 0 Å². The largest absolute Gasteiger partial charge is 0.494 e. The van der Waals surface area contributed by atoms with E-state index in [0.717, 1.165) is 32.0 Å². The summed E-state index contributed by atoms with van der Waals surface area (Å²) < 4.78 is 7.30. The molecular weight excluding hydrogens is 468 g/mol. The van der Waals surface area contributed by atoms with Gasteiger partial charge in [-0.3, -0.25) is 18.7 Å². The van der Waals surface area contributed by atoms with Crippen molar-refractivity contribution in [2.24, 2.45) is 19.1 Å². The molecule has 10 heteroatoms. The summed E-state index contributed by atoms with van der Waals surface area (Å²) >= 11 is 0.991. The summed E-state index contributed by atoms with van der Waals surface area (Å²) in [5.41, 5.74) is 1.65. The van der Waals surface area contributed by atoms with Crippen molar-refractivity contribution >= 4 is 34.1 Å². The average molecular weight is 497 g/mol. The average Bonchev–Trinajstić information content (AvgIpc) is 2.84. The van der Waals surface area contributed by atoms with E-state index in [1.165, 1.54) is 14.1 Å². The minimum absolute atomic E-state index is 0.0747. The molecule has 0 aliphatic heterocycles. The summed E-state index contributed by atoms with van der Waals surface area (Å²) in [6.45, 7) is 6.27. The predicted octanol–water partition coefficient (Wildman–Crippen LogP) is 3.26. The van der Waals surface area contributed by atoms with Crippen LogP contribution in [-0.4, -0.2) is 37.6 Å². The fraction of sp³-hybridized carbons (Fsp3) is 0.280. The van der Waals surface area contributed by atoms with Gasteiger partial charge in [-0.2, -0.15) is 0 Å². The summed E-state index contributed by atoms with van der Waals surface area (Å²) in [5, 5.41) is 13.6. The molecule has 184 valence electrons. The van der Waals surface area contributed by atoms with Crippen molar-refractivity contribution in [2.75, 3.05) is 17.7 Å². The molecule has 0 saturated heterocycles. The van der Waals surface area contributed by atoms with Gasteiger partial charge in [0.15, 0.2) is 0 Å². The number of rotatable bonds is 7. The zero-order valence-corrected chi connectivity index (χ0v) is 21.1. The molecule has 1 heterocycles. The molecule has 2 aromatic carbocycles. The number of nitrogens with zero attached hydrogens (tertiary/aromatic N) is 3. The molecule has 0 unspecified atom stereocenters. The van der Waals surface area contributed by atoms with Crippen molar-refractivity contribution in [3.63, 3.8) is 0 Å². The van der Waals surface area contributed by atoms with Gasteiger partial charge in [0.05, 0.1) is 18.0 Å². The highest BCUT2D eigenvalue weighted by Gasteiger charge is 2.22. The van der Waals surface area contributed by atoms with Crippen LogP contribution in [0.1, 0.15) is 23.6 Å². The first-order chi connectivity index (χ1) is 16.6. The first kappa shape index (κ1) is 25.8. The van der Waals surface area contributed by atoms with Crippen molar-refractivity contribution < 1.29 is 14.6 Å². The van der Waals surface area contributed by atoms with E-state index in [1.807, 2.05) is 39.0 Å². The maximum Gasteiger partial charge on any atom is 0.333 e. The fourth-order valence-corrected chi connectivity index (χ4v) is 4.12. The number of carbonyl (C=O) groups is 1. The number of hydrogen-bond acceptors (Lipinski definition) is 7. The molecule has 9 nitrogen and oxygen atoms in total. The van der Waals surface area contributed by atoms with E-state index in [1.54, 1.807) is 24.3 Å². The molecule has 1 aromatic heterocycles. The Bertz CT molecular complexity index is 1390. The van der Waals surface area contributed by atoms with Crippen LogP contribution in [0.4, 0.5) is 11.4 Å². The number of aromatic hydroxyl groups is 1. The standard InChI is InChI=1S/C25H28N4O5S/c1-6-34-18-12-10-17(11-13-18)26-22(21-23(31)28(4)25(33)29(5)24(21)32)35-14-20(30)27-19-9-7-8-15(2)16(19)3/h7-13,31H,6,14H2,1-5H3,(H,27,30). The molecule has 0 radical (unpaired) electrons. The molecule has 0 bridgehead atoms. The minimum Gasteiger partial charge on any atom is -0.494 e. The number of carbonyl (C=O) groups excluding carboxylic acids is 1. The second-order valence-electron chi connectivity index (χ2n) is 7.83. The van der Waals surface area contributed by atoms with Crippen LogP contribution in [-0.2, 0) is 18.9 Å². The summed E-state index contributed by atoms with van der Waals surface area (Å²) in [6, 6.07) is 12.5. The van der Waals surface area contributed by atoms with Crippen LogP contribution in [0.2, 0.25) is 0 Å². The molecule has 0 aliphatic carbocycles. The summed E-state index contributed by atoms with van der Waals surface area (Å²) in [6.07, 6.45) is 0. The van der Waals surface area contributed by atoms with Gasteiger partial charge in [0, 0.05) is 19.8 Å². The molecular formula is C25H28N4O5S. The Balaban J connectivity index is 1.98. The van der Waals surface area contributed by atoms with Crippen molar-refractivity contribution in [1.82, 2.24) is 9.13 Å². The predicted molar refractivity (Wildman–Crippen MR) is 139 cm³/mol. The van der Waals surface area contributed by atoms with E-state index in [0.29, 0.717) is 23.7 Å². The van der Waals surface area contributed by atoms with Crippen LogP contribution in [0.3, 0.4) is 0 Å². The number of benzene rings is 2. The normalized spacial score (nSPS) is 11.4. The van der Waals surface area contributed by atoms with Gasteiger partial charge in [-0.15, -0.1) is 0 Å². The highest BCUT2D eigenvalue weighted by Crippen LogP contribution is 2.25. The highest BCUT2D eigenvalue weighted by atomic mass is 32.2. The lowest BCUT2D eigenvalue weighted by atomic mass is 10.1. The van der Waals surface area contributed by atoms with Crippen LogP contribution in [0.25, 0.3) is 0 Å². The van der Waals surface area contributed by atoms with E-state index < -0.39 is 17.1 Å². The lowest BCUT2D eigenvalue weighted by molar-refractivity contribution is -0.113. The van der Waals surface area contributed by atoms with Crippen molar-refractivity contribution in [3.8, 4) is 11.6 Å².